The van der Waals surface area contributed by atoms with E-state index in [-0.39, 0.29) is 0 Å². The van der Waals surface area contributed by atoms with Crippen molar-refractivity contribution in [1.82, 2.24) is 4.98 Å². The minimum atomic E-state index is -0.397. The van der Waals surface area contributed by atoms with Crippen molar-refractivity contribution in [2.24, 2.45) is 5.92 Å². The second-order valence-corrected chi connectivity index (χ2v) is 4.91. The number of nitrogens with zero attached hydrogens (tertiary/aromatic N) is 1. The van der Waals surface area contributed by atoms with Gasteiger partial charge in [-0.15, -0.1) is 0 Å². The van der Waals surface area contributed by atoms with Gasteiger partial charge in [0.05, 0.1) is 24.1 Å². The van der Waals surface area contributed by atoms with Gasteiger partial charge in [0.1, 0.15) is 5.82 Å². The zero-order valence-corrected chi connectivity index (χ0v) is 11.3. The van der Waals surface area contributed by atoms with Gasteiger partial charge in [0.25, 0.3) is 0 Å². The average Bonchev–Trinajstić information content (AvgIpc) is 2.91. The van der Waals surface area contributed by atoms with Crippen molar-refractivity contribution in [3.63, 3.8) is 0 Å². The van der Waals surface area contributed by atoms with Crippen LogP contribution in [0.1, 0.15) is 43.0 Å². The zero-order chi connectivity index (χ0) is 13.7. The lowest BCUT2D eigenvalue weighted by atomic mass is 10.1. The second-order valence-electron chi connectivity index (χ2n) is 4.91. The van der Waals surface area contributed by atoms with Gasteiger partial charge < -0.3 is 15.8 Å². The molecular formula is C14H21N3O2. The molecule has 1 fully saturated rings. The largest absolute Gasteiger partial charge is 0.462 e. The number of carbonyl (C=O) groups is 1. The number of carbonyl (C=O) groups excluding carboxylic acids is 1. The van der Waals surface area contributed by atoms with Crippen molar-refractivity contribution in [2.75, 3.05) is 24.2 Å². The minimum absolute atomic E-state index is 0.339. The number of aromatic nitrogens is 1. The van der Waals surface area contributed by atoms with Gasteiger partial charge in [-0.25, -0.2) is 9.78 Å². The van der Waals surface area contributed by atoms with Crippen LogP contribution in [0, 0.1) is 5.92 Å². The summed E-state index contributed by atoms with van der Waals surface area (Å²) in [4.78, 5) is 15.9. The summed E-state index contributed by atoms with van der Waals surface area (Å²) in [6.07, 6.45) is 6.67. The number of nitrogens with two attached hydrogens (primary N) is 1. The molecule has 1 aliphatic carbocycles. The molecule has 0 bridgehead atoms. The molecule has 1 heterocycles. The van der Waals surface area contributed by atoms with E-state index >= 15 is 0 Å². The van der Waals surface area contributed by atoms with Gasteiger partial charge in [-0.05, 0) is 31.7 Å². The second kappa shape index (κ2) is 6.41. The summed E-state index contributed by atoms with van der Waals surface area (Å²) in [5.74, 6) is 1.00. The number of esters is 1. The van der Waals surface area contributed by atoms with Gasteiger partial charge in [-0.1, -0.05) is 12.8 Å². The van der Waals surface area contributed by atoms with Crippen molar-refractivity contribution in [2.45, 2.75) is 32.6 Å². The van der Waals surface area contributed by atoms with Crippen molar-refractivity contribution in [1.29, 1.82) is 0 Å². The first-order chi connectivity index (χ1) is 9.20. The fourth-order valence-electron chi connectivity index (χ4n) is 2.41. The Labute approximate surface area is 113 Å². The summed E-state index contributed by atoms with van der Waals surface area (Å²) < 4.78 is 4.97. The Morgan fingerprint density at radius 1 is 1.53 bits per heavy atom. The van der Waals surface area contributed by atoms with E-state index in [0.717, 1.165) is 6.54 Å². The zero-order valence-electron chi connectivity index (χ0n) is 11.3. The van der Waals surface area contributed by atoms with Crippen LogP contribution in [-0.2, 0) is 4.74 Å². The quantitative estimate of drug-likeness (QED) is 0.798. The molecule has 0 unspecified atom stereocenters. The molecule has 2 rings (SSSR count). The summed E-state index contributed by atoms with van der Waals surface area (Å²) in [6.45, 7) is 3.01. The predicted octanol–water partition coefficient (Wildman–Crippen LogP) is 2.44. The lowest BCUT2D eigenvalue weighted by Crippen LogP contribution is -2.14. The highest BCUT2D eigenvalue weighted by atomic mass is 16.5. The fraction of sp³-hybridized carbons (Fsp3) is 0.571. The lowest BCUT2D eigenvalue weighted by Gasteiger charge is -2.12. The fourth-order valence-corrected chi connectivity index (χ4v) is 2.41. The highest BCUT2D eigenvalue weighted by molar-refractivity contribution is 5.95. The molecule has 0 atom stereocenters. The molecule has 0 amide bonds. The molecule has 104 valence electrons. The van der Waals surface area contributed by atoms with Crippen LogP contribution in [0.4, 0.5) is 11.5 Å². The van der Waals surface area contributed by atoms with E-state index in [2.05, 4.69) is 10.3 Å². The first-order valence-electron chi connectivity index (χ1n) is 6.87. The van der Waals surface area contributed by atoms with E-state index in [1.165, 1.54) is 31.9 Å². The number of pyridine rings is 1. The van der Waals surface area contributed by atoms with Crippen LogP contribution in [-0.4, -0.2) is 24.1 Å². The van der Waals surface area contributed by atoms with Crippen molar-refractivity contribution >= 4 is 17.5 Å². The smallest absolute Gasteiger partial charge is 0.340 e. The molecule has 1 aromatic heterocycles. The van der Waals surface area contributed by atoms with Crippen molar-refractivity contribution in [3.8, 4) is 0 Å². The van der Waals surface area contributed by atoms with Crippen molar-refractivity contribution < 1.29 is 9.53 Å². The first kappa shape index (κ1) is 13.6. The van der Waals surface area contributed by atoms with Crippen LogP contribution >= 0.6 is 0 Å². The van der Waals surface area contributed by atoms with E-state index in [4.69, 9.17) is 10.5 Å². The maximum atomic E-state index is 11.7. The summed E-state index contributed by atoms with van der Waals surface area (Å²) in [5, 5.41) is 3.28. The molecule has 0 saturated heterocycles. The number of nitrogen functional groups attached to an aromatic ring is 1. The van der Waals surface area contributed by atoms with Gasteiger partial charge >= 0.3 is 5.97 Å². The van der Waals surface area contributed by atoms with E-state index in [1.807, 2.05) is 0 Å². The minimum Gasteiger partial charge on any atom is -0.462 e. The topological polar surface area (TPSA) is 77.2 Å². The molecule has 0 aromatic carbocycles. The monoisotopic (exact) mass is 263 g/mol. The highest BCUT2D eigenvalue weighted by Crippen LogP contribution is 2.25. The van der Waals surface area contributed by atoms with Crippen LogP contribution in [0.15, 0.2) is 12.3 Å². The third kappa shape index (κ3) is 3.59. The van der Waals surface area contributed by atoms with E-state index < -0.39 is 5.97 Å². The third-order valence-corrected chi connectivity index (χ3v) is 3.48. The Morgan fingerprint density at radius 2 is 2.26 bits per heavy atom. The summed E-state index contributed by atoms with van der Waals surface area (Å²) in [5.41, 5.74) is 6.48. The van der Waals surface area contributed by atoms with E-state index in [0.29, 0.717) is 29.6 Å². The maximum Gasteiger partial charge on any atom is 0.340 e. The van der Waals surface area contributed by atoms with E-state index in [1.54, 1.807) is 13.0 Å². The van der Waals surface area contributed by atoms with Gasteiger partial charge in [0, 0.05) is 6.54 Å². The molecule has 5 nitrogen and oxygen atoms in total. The SMILES string of the molecule is CCOC(=O)c1cc(NCC2CCCC2)ncc1N. The van der Waals surface area contributed by atoms with Crippen LogP contribution in [0.5, 0.6) is 0 Å². The summed E-state index contributed by atoms with van der Waals surface area (Å²) >= 11 is 0. The molecule has 1 aromatic rings. The number of ether oxygens (including phenoxy) is 1. The van der Waals surface area contributed by atoms with Crippen molar-refractivity contribution in [3.05, 3.63) is 17.8 Å². The Hall–Kier alpha value is -1.78. The molecule has 1 aliphatic rings. The average molecular weight is 263 g/mol. The van der Waals surface area contributed by atoms with Gasteiger partial charge in [0.15, 0.2) is 0 Å². The lowest BCUT2D eigenvalue weighted by molar-refractivity contribution is 0.0527. The Balaban J connectivity index is 2.00. The van der Waals surface area contributed by atoms with Gasteiger partial charge in [-0.2, -0.15) is 0 Å². The van der Waals surface area contributed by atoms with E-state index in [9.17, 15) is 4.79 Å². The molecule has 0 radical (unpaired) electrons. The predicted molar refractivity (Wildman–Crippen MR) is 75.1 cm³/mol. The summed E-state index contributed by atoms with van der Waals surface area (Å²) in [7, 11) is 0. The Morgan fingerprint density at radius 3 is 2.95 bits per heavy atom. The normalized spacial score (nSPS) is 15.4. The van der Waals surface area contributed by atoms with Gasteiger partial charge in [-0.3, -0.25) is 0 Å². The highest BCUT2D eigenvalue weighted by Gasteiger charge is 2.16. The van der Waals surface area contributed by atoms with Crippen LogP contribution in [0.3, 0.4) is 0 Å². The van der Waals surface area contributed by atoms with Crippen LogP contribution < -0.4 is 11.1 Å². The Bertz CT molecular complexity index is 442. The molecule has 0 aliphatic heterocycles. The number of hydrogen-bond acceptors (Lipinski definition) is 5. The summed E-state index contributed by atoms with van der Waals surface area (Å²) in [6, 6.07) is 1.67. The number of rotatable bonds is 5. The molecule has 1 saturated carbocycles. The third-order valence-electron chi connectivity index (χ3n) is 3.48. The van der Waals surface area contributed by atoms with Crippen LogP contribution in [0.25, 0.3) is 0 Å². The standard InChI is InChI=1S/C14H21N3O2/c1-2-19-14(18)11-7-13(17-9-12(11)15)16-8-10-5-3-4-6-10/h7,9-10H,2-6,8,15H2,1H3,(H,16,17). The number of anilines is 2. The first-order valence-corrected chi connectivity index (χ1v) is 6.87. The Kier molecular flexibility index (Phi) is 4.60. The van der Waals surface area contributed by atoms with Crippen LogP contribution in [0.2, 0.25) is 0 Å². The number of nitrogens with one attached hydrogen (secondary N) is 1. The molecule has 0 spiro atoms. The molecule has 3 N–H and O–H groups in total. The molecular weight excluding hydrogens is 242 g/mol. The molecule has 5 heteroatoms. The molecule has 19 heavy (non-hydrogen) atoms. The van der Waals surface area contributed by atoms with Gasteiger partial charge in [0.2, 0.25) is 0 Å². The maximum absolute atomic E-state index is 11.7. The number of hydrogen-bond donors (Lipinski definition) is 2.